The maximum Gasteiger partial charge on any atom is 0.322 e. The number of benzene rings is 1. The lowest BCUT2D eigenvalue weighted by atomic mass is 9.94. The van der Waals surface area contributed by atoms with Crippen LogP contribution in [0.3, 0.4) is 0 Å². The standard InChI is InChI=1S/C14H15ClN4O/c1-9-7-10-5-3-4-6-11(10)19(8-9)13-16-12(15)17-14(18-13)20-2/h3-6,9H,7-8H2,1-2H3. The fourth-order valence-corrected chi connectivity index (χ4v) is 2.67. The molecule has 6 heteroatoms. The van der Waals surface area contributed by atoms with E-state index in [-0.39, 0.29) is 11.3 Å². The number of hydrogen-bond acceptors (Lipinski definition) is 5. The van der Waals surface area contributed by atoms with Crippen LogP contribution in [-0.2, 0) is 6.42 Å². The smallest absolute Gasteiger partial charge is 0.322 e. The first-order chi connectivity index (χ1) is 9.67. The average molecular weight is 291 g/mol. The van der Waals surface area contributed by atoms with Gasteiger partial charge in [0.15, 0.2) is 0 Å². The van der Waals surface area contributed by atoms with Gasteiger partial charge in [-0.3, -0.25) is 0 Å². The second-order valence-electron chi connectivity index (χ2n) is 4.94. The minimum Gasteiger partial charge on any atom is -0.467 e. The molecule has 0 saturated heterocycles. The first kappa shape index (κ1) is 13.1. The summed E-state index contributed by atoms with van der Waals surface area (Å²) in [5.74, 6) is 1.05. The Balaban J connectivity index is 2.08. The predicted octanol–water partition coefficient (Wildman–Crippen LogP) is 2.86. The van der Waals surface area contributed by atoms with Crippen LogP contribution in [-0.4, -0.2) is 28.6 Å². The van der Waals surface area contributed by atoms with Crippen LogP contribution >= 0.6 is 11.6 Å². The molecule has 0 N–H and O–H groups in total. The Kier molecular flexibility index (Phi) is 3.44. The Labute approximate surface area is 122 Å². The van der Waals surface area contributed by atoms with Crippen LogP contribution in [0.5, 0.6) is 6.01 Å². The molecule has 0 amide bonds. The summed E-state index contributed by atoms with van der Waals surface area (Å²) in [5, 5.41) is 0.141. The minimum absolute atomic E-state index is 0.141. The highest BCUT2D eigenvalue weighted by Gasteiger charge is 2.25. The van der Waals surface area contributed by atoms with Crippen LogP contribution in [0.4, 0.5) is 11.6 Å². The molecular formula is C14H15ClN4O. The van der Waals surface area contributed by atoms with Gasteiger partial charge in [-0.05, 0) is 35.6 Å². The molecule has 104 valence electrons. The maximum atomic E-state index is 5.94. The number of nitrogens with zero attached hydrogens (tertiary/aromatic N) is 4. The molecule has 0 bridgehead atoms. The van der Waals surface area contributed by atoms with Crippen molar-refractivity contribution in [2.45, 2.75) is 13.3 Å². The largest absolute Gasteiger partial charge is 0.467 e. The van der Waals surface area contributed by atoms with Crippen molar-refractivity contribution in [2.75, 3.05) is 18.6 Å². The number of hydrogen-bond donors (Lipinski definition) is 0. The Morgan fingerprint density at radius 3 is 2.85 bits per heavy atom. The lowest BCUT2D eigenvalue weighted by Gasteiger charge is -2.33. The van der Waals surface area contributed by atoms with Crippen LogP contribution < -0.4 is 9.64 Å². The first-order valence-electron chi connectivity index (χ1n) is 6.48. The van der Waals surface area contributed by atoms with Crippen LogP contribution in [0, 0.1) is 5.92 Å². The highest BCUT2D eigenvalue weighted by Crippen LogP contribution is 2.34. The number of ether oxygens (including phenoxy) is 1. The molecule has 1 atom stereocenters. The molecule has 20 heavy (non-hydrogen) atoms. The van der Waals surface area contributed by atoms with Crippen molar-refractivity contribution in [1.82, 2.24) is 15.0 Å². The van der Waals surface area contributed by atoms with E-state index in [9.17, 15) is 0 Å². The predicted molar refractivity (Wildman–Crippen MR) is 77.7 cm³/mol. The molecule has 1 aliphatic heterocycles. The molecule has 2 heterocycles. The number of aromatic nitrogens is 3. The number of rotatable bonds is 2. The van der Waals surface area contributed by atoms with Crippen molar-refractivity contribution in [1.29, 1.82) is 0 Å². The van der Waals surface area contributed by atoms with Gasteiger partial charge < -0.3 is 9.64 Å². The highest BCUT2D eigenvalue weighted by molar-refractivity contribution is 6.28. The average Bonchev–Trinajstić information content (AvgIpc) is 2.45. The van der Waals surface area contributed by atoms with E-state index in [1.807, 2.05) is 6.07 Å². The van der Waals surface area contributed by atoms with Gasteiger partial charge in [0, 0.05) is 12.2 Å². The lowest BCUT2D eigenvalue weighted by molar-refractivity contribution is 0.378. The highest BCUT2D eigenvalue weighted by atomic mass is 35.5. The summed E-state index contributed by atoms with van der Waals surface area (Å²) in [6, 6.07) is 8.51. The van der Waals surface area contributed by atoms with Crippen molar-refractivity contribution in [2.24, 2.45) is 5.92 Å². The van der Waals surface area contributed by atoms with Gasteiger partial charge in [-0.2, -0.15) is 15.0 Å². The Morgan fingerprint density at radius 2 is 2.05 bits per heavy atom. The summed E-state index contributed by atoms with van der Waals surface area (Å²) >= 11 is 5.94. The van der Waals surface area contributed by atoms with Crippen molar-refractivity contribution >= 4 is 23.2 Å². The third-order valence-electron chi connectivity index (χ3n) is 3.34. The molecule has 0 radical (unpaired) electrons. The fourth-order valence-electron chi connectivity index (χ4n) is 2.52. The molecule has 1 unspecified atom stereocenters. The summed E-state index contributed by atoms with van der Waals surface area (Å²) < 4.78 is 5.07. The number of anilines is 2. The Morgan fingerprint density at radius 1 is 1.25 bits per heavy atom. The van der Waals surface area contributed by atoms with Gasteiger partial charge in [0.1, 0.15) is 0 Å². The van der Waals surface area contributed by atoms with Gasteiger partial charge in [0.25, 0.3) is 0 Å². The fraction of sp³-hybridized carbons (Fsp3) is 0.357. The summed E-state index contributed by atoms with van der Waals surface area (Å²) in [4.78, 5) is 14.5. The van der Waals surface area contributed by atoms with E-state index in [1.54, 1.807) is 0 Å². The van der Waals surface area contributed by atoms with Crippen molar-refractivity contribution < 1.29 is 4.74 Å². The molecule has 0 saturated carbocycles. The zero-order valence-electron chi connectivity index (χ0n) is 11.4. The molecule has 2 aromatic rings. The van der Waals surface area contributed by atoms with Crippen LogP contribution in [0.2, 0.25) is 5.28 Å². The van der Waals surface area contributed by atoms with Gasteiger partial charge >= 0.3 is 6.01 Å². The van der Waals surface area contributed by atoms with Crippen molar-refractivity contribution in [3.63, 3.8) is 0 Å². The Bertz CT molecular complexity index is 634. The Hall–Kier alpha value is -1.88. The lowest BCUT2D eigenvalue weighted by Crippen LogP contribution is -2.31. The molecular weight excluding hydrogens is 276 g/mol. The summed E-state index contributed by atoms with van der Waals surface area (Å²) in [6.45, 7) is 3.06. The molecule has 3 rings (SSSR count). The third-order valence-corrected chi connectivity index (χ3v) is 3.51. The molecule has 5 nitrogen and oxygen atoms in total. The van der Waals surface area contributed by atoms with E-state index < -0.39 is 0 Å². The van der Waals surface area contributed by atoms with E-state index in [2.05, 4.69) is 45.0 Å². The monoisotopic (exact) mass is 290 g/mol. The maximum absolute atomic E-state index is 5.94. The third kappa shape index (κ3) is 2.41. The van der Waals surface area contributed by atoms with Crippen molar-refractivity contribution in [3.05, 3.63) is 35.1 Å². The number of fused-ring (bicyclic) bond motifs is 1. The van der Waals surface area contributed by atoms with E-state index >= 15 is 0 Å². The summed E-state index contributed by atoms with van der Waals surface area (Å²) in [6.07, 6.45) is 1.06. The van der Waals surface area contributed by atoms with Gasteiger partial charge in [0.05, 0.1) is 7.11 Å². The molecule has 1 aromatic heterocycles. The van der Waals surface area contributed by atoms with Gasteiger partial charge in [-0.25, -0.2) is 0 Å². The van der Waals surface area contributed by atoms with Crippen LogP contribution in [0.1, 0.15) is 12.5 Å². The quantitative estimate of drug-likeness (QED) is 0.851. The van der Waals surface area contributed by atoms with Crippen molar-refractivity contribution in [3.8, 4) is 6.01 Å². The number of methoxy groups -OCH3 is 1. The van der Waals surface area contributed by atoms with E-state index in [1.165, 1.54) is 12.7 Å². The SMILES string of the molecule is COc1nc(Cl)nc(N2CC(C)Cc3ccccc32)n1. The second kappa shape index (κ2) is 5.25. The molecule has 0 fully saturated rings. The molecule has 0 aliphatic carbocycles. The molecule has 1 aromatic carbocycles. The topological polar surface area (TPSA) is 51.1 Å². The zero-order chi connectivity index (χ0) is 14.1. The van der Waals surface area contributed by atoms with Gasteiger partial charge in [0.2, 0.25) is 11.2 Å². The first-order valence-corrected chi connectivity index (χ1v) is 6.86. The zero-order valence-corrected chi connectivity index (χ0v) is 12.1. The number of halogens is 1. The van der Waals surface area contributed by atoms with Crippen LogP contribution in [0.15, 0.2) is 24.3 Å². The normalized spacial score (nSPS) is 17.8. The molecule has 0 spiro atoms. The van der Waals surface area contributed by atoms with E-state index in [4.69, 9.17) is 16.3 Å². The van der Waals surface area contributed by atoms with Crippen LogP contribution in [0.25, 0.3) is 0 Å². The van der Waals surface area contributed by atoms with Gasteiger partial charge in [-0.1, -0.05) is 25.1 Å². The summed E-state index contributed by atoms with van der Waals surface area (Å²) in [7, 11) is 1.52. The summed E-state index contributed by atoms with van der Waals surface area (Å²) in [5.41, 5.74) is 2.41. The van der Waals surface area contributed by atoms with E-state index in [0.717, 1.165) is 18.7 Å². The van der Waals surface area contributed by atoms with E-state index in [0.29, 0.717) is 11.9 Å². The number of para-hydroxylation sites is 1. The molecule has 1 aliphatic rings. The second-order valence-corrected chi connectivity index (χ2v) is 5.28. The minimum atomic E-state index is 0.141. The van der Waals surface area contributed by atoms with Gasteiger partial charge in [-0.15, -0.1) is 0 Å².